The molecule has 0 unspecified atom stereocenters. The lowest BCUT2D eigenvalue weighted by Gasteiger charge is -2.35. The van der Waals surface area contributed by atoms with Crippen LogP contribution in [0, 0.1) is 0 Å². The van der Waals surface area contributed by atoms with Gasteiger partial charge in [-0.1, -0.05) is 60.7 Å². The fourth-order valence-corrected chi connectivity index (χ4v) is 6.04. The van der Waals surface area contributed by atoms with Crippen molar-refractivity contribution in [3.63, 3.8) is 0 Å². The van der Waals surface area contributed by atoms with Crippen LogP contribution in [0.3, 0.4) is 0 Å². The lowest BCUT2D eigenvalue weighted by atomic mass is 10.1. The molecule has 3 aromatic heterocycles. The van der Waals surface area contributed by atoms with Gasteiger partial charge >= 0.3 is 0 Å². The maximum atomic E-state index is 13.7. The zero-order valence-electron chi connectivity index (χ0n) is 18.3. The second kappa shape index (κ2) is 8.96. The van der Waals surface area contributed by atoms with Crippen LogP contribution in [0.5, 0.6) is 0 Å². The van der Waals surface area contributed by atoms with Crippen LogP contribution < -0.4 is 4.90 Å². The van der Waals surface area contributed by atoms with Crippen LogP contribution in [0.1, 0.15) is 9.67 Å². The van der Waals surface area contributed by atoms with Crippen molar-refractivity contribution in [2.75, 3.05) is 31.1 Å². The summed E-state index contributed by atoms with van der Waals surface area (Å²) in [5.41, 5.74) is 2.74. The quantitative estimate of drug-likeness (QED) is 0.340. The Kier molecular flexibility index (Phi) is 5.52. The first-order valence-corrected chi connectivity index (χ1v) is 12.8. The molecule has 0 atom stereocenters. The zero-order chi connectivity index (χ0) is 22.9. The Bertz CT molecular complexity index is 1440. The Hall–Kier alpha value is -3.62. The number of carbonyl (C=O) groups excluding carboxylic acids is 1. The van der Waals surface area contributed by atoms with E-state index in [0.717, 1.165) is 51.0 Å². The van der Waals surface area contributed by atoms with Crippen molar-refractivity contribution in [1.29, 1.82) is 0 Å². The molecule has 6 rings (SSSR count). The van der Waals surface area contributed by atoms with Gasteiger partial charge in [-0.05, 0) is 11.4 Å². The Labute approximate surface area is 205 Å². The van der Waals surface area contributed by atoms with E-state index in [-0.39, 0.29) is 5.91 Å². The monoisotopic (exact) mass is 483 g/mol. The topological polar surface area (TPSA) is 62.2 Å². The highest BCUT2D eigenvalue weighted by Crippen LogP contribution is 2.35. The van der Waals surface area contributed by atoms with Gasteiger partial charge in [0, 0.05) is 37.3 Å². The third kappa shape index (κ3) is 3.85. The lowest BCUT2D eigenvalue weighted by molar-refractivity contribution is 0.0752. The smallest absolute Gasteiger partial charge is 0.266 e. The third-order valence-electron chi connectivity index (χ3n) is 6.00. The molecule has 0 saturated carbocycles. The van der Waals surface area contributed by atoms with E-state index in [2.05, 4.69) is 20.9 Å². The number of anilines is 1. The number of benzene rings is 2. The maximum absolute atomic E-state index is 13.7. The fraction of sp³-hybridized carbons (Fsp3) is 0.154. The first kappa shape index (κ1) is 20.9. The van der Waals surface area contributed by atoms with Crippen molar-refractivity contribution in [2.24, 2.45) is 0 Å². The number of aromatic nitrogens is 3. The largest absolute Gasteiger partial charge is 0.352 e. The van der Waals surface area contributed by atoms with Crippen LogP contribution >= 0.6 is 22.7 Å². The number of hydrogen-bond donors (Lipinski definition) is 0. The Morgan fingerprint density at radius 1 is 0.824 bits per heavy atom. The van der Waals surface area contributed by atoms with E-state index in [1.165, 1.54) is 11.3 Å². The molecule has 6 nitrogen and oxygen atoms in total. The van der Waals surface area contributed by atoms with Crippen molar-refractivity contribution < 1.29 is 4.79 Å². The highest BCUT2D eigenvalue weighted by molar-refractivity contribution is 7.17. The van der Waals surface area contributed by atoms with Gasteiger partial charge in [-0.15, -0.1) is 22.7 Å². The number of rotatable bonds is 4. The highest BCUT2D eigenvalue weighted by atomic mass is 32.1. The Morgan fingerprint density at radius 2 is 1.53 bits per heavy atom. The summed E-state index contributed by atoms with van der Waals surface area (Å²) >= 11 is 3.09. The number of amides is 1. The fourth-order valence-electron chi connectivity index (χ4n) is 4.25. The Balaban J connectivity index is 1.28. The van der Waals surface area contributed by atoms with Gasteiger partial charge in [0.1, 0.15) is 26.9 Å². The molecular weight excluding hydrogens is 462 g/mol. The van der Waals surface area contributed by atoms with E-state index in [0.29, 0.717) is 18.0 Å². The van der Waals surface area contributed by atoms with Crippen molar-refractivity contribution >= 4 is 44.6 Å². The average Bonchev–Trinajstić information content (AvgIpc) is 3.57. The second-order valence-corrected chi connectivity index (χ2v) is 9.94. The van der Waals surface area contributed by atoms with Crippen LogP contribution in [0.25, 0.3) is 32.0 Å². The Morgan fingerprint density at radius 3 is 2.26 bits per heavy atom. The first-order valence-electron chi connectivity index (χ1n) is 11.1. The van der Waals surface area contributed by atoms with E-state index in [4.69, 9.17) is 4.98 Å². The number of thiophene rings is 1. The normalized spacial score (nSPS) is 14.0. The van der Waals surface area contributed by atoms with E-state index >= 15 is 0 Å². The molecule has 0 aliphatic carbocycles. The van der Waals surface area contributed by atoms with Gasteiger partial charge in [-0.3, -0.25) is 4.79 Å². The molecule has 1 aliphatic heterocycles. The van der Waals surface area contributed by atoms with Crippen molar-refractivity contribution in [2.45, 2.75) is 0 Å². The molecule has 0 N–H and O–H groups in total. The van der Waals surface area contributed by atoms with Gasteiger partial charge in [0.2, 0.25) is 0 Å². The number of piperazine rings is 1. The van der Waals surface area contributed by atoms with Crippen molar-refractivity contribution in [1.82, 2.24) is 19.9 Å². The van der Waals surface area contributed by atoms with Crippen LogP contribution in [0.4, 0.5) is 5.82 Å². The standard InChI is InChI=1S/C26H21N5OS2/c32-26(31-14-12-30(13-15-31)23-20-11-16-33-25(20)28-17-27-23)22-21(18-7-3-1-4-8-18)29-24(34-22)19-9-5-2-6-10-19/h1-11,16-17H,12-15H2. The molecule has 34 heavy (non-hydrogen) atoms. The van der Waals surface area contributed by atoms with Crippen LogP contribution in [0.2, 0.25) is 0 Å². The minimum absolute atomic E-state index is 0.0431. The van der Waals surface area contributed by atoms with E-state index in [9.17, 15) is 4.79 Å². The van der Waals surface area contributed by atoms with Crippen LogP contribution in [-0.2, 0) is 0 Å². The number of carbonyl (C=O) groups is 1. The van der Waals surface area contributed by atoms with Gasteiger partial charge < -0.3 is 9.80 Å². The van der Waals surface area contributed by atoms with E-state index < -0.39 is 0 Å². The molecule has 4 heterocycles. The molecule has 0 bridgehead atoms. The summed E-state index contributed by atoms with van der Waals surface area (Å²) in [6.45, 7) is 2.75. The van der Waals surface area contributed by atoms with Crippen molar-refractivity contribution in [3.05, 3.63) is 83.3 Å². The van der Waals surface area contributed by atoms with E-state index in [1.54, 1.807) is 17.7 Å². The minimum Gasteiger partial charge on any atom is -0.352 e. The van der Waals surface area contributed by atoms with Crippen LogP contribution in [0.15, 0.2) is 78.4 Å². The summed E-state index contributed by atoms with van der Waals surface area (Å²) in [6.07, 6.45) is 1.63. The molecule has 1 amide bonds. The maximum Gasteiger partial charge on any atom is 0.266 e. The minimum atomic E-state index is 0.0431. The van der Waals surface area contributed by atoms with Gasteiger partial charge in [-0.25, -0.2) is 15.0 Å². The number of thiazole rings is 1. The molecule has 1 aliphatic rings. The number of nitrogens with zero attached hydrogens (tertiary/aromatic N) is 5. The molecule has 1 fully saturated rings. The average molecular weight is 484 g/mol. The van der Waals surface area contributed by atoms with Crippen LogP contribution in [-0.4, -0.2) is 51.9 Å². The summed E-state index contributed by atoms with van der Waals surface area (Å²) in [5, 5.41) is 3.98. The SMILES string of the molecule is O=C(c1sc(-c2ccccc2)nc1-c1ccccc1)N1CCN(c2ncnc3sccc23)CC1. The van der Waals surface area contributed by atoms with Gasteiger partial charge in [0.15, 0.2) is 0 Å². The van der Waals surface area contributed by atoms with Crippen molar-refractivity contribution in [3.8, 4) is 21.8 Å². The van der Waals surface area contributed by atoms with Gasteiger partial charge in [0.05, 0.1) is 11.1 Å². The second-order valence-electron chi connectivity index (χ2n) is 8.04. The highest BCUT2D eigenvalue weighted by Gasteiger charge is 2.28. The summed E-state index contributed by atoms with van der Waals surface area (Å²) in [5.74, 6) is 0.994. The summed E-state index contributed by atoms with van der Waals surface area (Å²) < 4.78 is 0. The number of hydrogen-bond acceptors (Lipinski definition) is 7. The summed E-state index contributed by atoms with van der Waals surface area (Å²) in [4.78, 5) is 33.4. The number of fused-ring (bicyclic) bond motifs is 1. The molecule has 0 radical (unpaired) electrons. The molecule has 0 spiro atoms. The zero-order valence-corrected chi connectivity index (χ0v) is 19.9. The summed E-state index contributed by atoms with van der Waals surface area (Å²) in [6, 6.07) is 22.1. The van der Waals surface area contributed by atoms with Gasteiger partial charge in [-0.2, -0.15) is 0 Å². The predicted octanol–water partition coefficient (Wildman–Crippen LogP) is 5.44. The summed E-state index contributed by atoms with van der Waals surface area (Å²) in [7, 11) is 0. The molecule has 5 aromatic rings. The molecule has 2 aromatic carbocycles. The molecule has 8 heteroatoms. The van der Waals surface area contributed by atoms with Gasteiger partial charge in [0.25, 0.3) is 5.91 Å². The third-order valence-corrected chi connectivity index (χ3v) is 7.91. The van der Waals surface area contributed by atoms with E-state index in [1.807, 2.05) is 70.9 Å². The predicted molar refractivity (Wildman–Crippen MR) is 139 cm³/mol. The molecular formula is C26H21N5OS2. The first-order chi connectivity index (χ1) is 16.8. The molecule has 168 valence electrons. The molecule has 1 saturated heterocycles. The lowest BCUT2D eigenvalue weighted by Crippen LogP contribution is -2.49.